The lowest BCUT2D eigenvalue weighted by Gasteiger charge is -2.33. The topological polar surface area (TPSA) is 40.5 Å². The monoisotopic (exact) mass is 295 g/mol. The van der Waals surface area contributed by atoms with E-state index in [0.717, 1.165) is 36.3 Å². The van der Waals surface area contributed by atoms with Gasteiger partial charge in [0.1, 0.15) is 0 Å². The zero-order valence-corrected chi connectivity index (χ0v) is 12.9. The maximum atomic E-state index is 11.6. The van der Waals surface area contributed by atoms with Crippen molar-refractivity contribution in [1.82, 2.24) is 4.90 Å². The van der Waals surface area contributed by atoms with Crippen LogP contribution in [0.3, 0.4) is 0 Å². The third kappa shape index (κ3) is 3.15. The van der Waals surface area contributed by atoms with Gasteiger partial charge in [0.2, 0.25) is 0 Å². The van der Waals surface area contributed by atoms with E-state index in [0.29, 0.717) is 6.54 Å². The average Bonchev–Trinajstić information content (AvgIpc) is 2.88. The highest BCUT2D eigenvalue weighted by Crippen LogP contribution is 2.40. The molecule has 1 fully saturated rings. The summed E-state index contributed by atoms with van der Waals surface area (Å²) in [6, 6.07) is 7.95. The largest absolute Gasteiger partial charge is 0.481 e. The average molecular weight is 296 g/mol. The summed E-state index contributed by atoms with van der Waals surface area (Å²) in [5.74, 6) is -0.648. The van der Waals surface area contributed by atoms with Gasteiger partial charge in [0, 0.05) is 17.6 Å². The van der Waals surface area contributed by atoms with Crippen LogP contribution in [0.4, 0.5) is 0 Å². The molecule has 0 spiro atoms. The first-order valence-corrected chi connectivity index (χ1v) is 7.51. The number of benzene rings is 1. The van der Waals surface area contributed by atoms with Crippen LogP contribution in [0.5, 0.6) is 0 Å². The number of rotatable bonds is 5. The molecule has 110 valence electrons. The summed E-state index contributed by atoms with van der Waals surface area (Å²) < 4.78 is 0. The van der Waals surface area contributed by atoms with Crippen molar-refractivity contribution in [2.75, 3.05) is 13.6 Å². The first-order valence-electron chi connectivity index (χ1n) is 7.14. The first-order chi connectivity index (χ1) is 9.44. The zero-order valence-electron chi connectivity index (χ0n) is 12.1. The molecule has 2 rings (SSSR count). The number of carboxylic acids is 1. The predicted molar refractivity (Wildman–Crippen MR) is 81.0 cm³/mol. The van der Waals surface area contributed by atoms with Crippen molar-refractivity contribution in [2.45, 2.75) is 38.6 Å². The zero-order chi connectivity index (χ0) is 14.8. The summed E-state index contributed by atoms with van der Waals surface area (Å²) >= 11 is 5.91. The molecule has 1 aliphatic rings. The van der Waals surface area contributed by atoms with E-state index in [1.165, 1.54) is 0 Å². The lowest BCUT2D eigenvalue weighted by molar-refractivity contribution is -0.150. The fourth-order valence-electron chi connectivity index (χ4n) is 3.10. The Hall–Kier alpha value is -1.06. The van der Waals surface area contributed by atoms with Gasteiger partial charge in [0.25, 0.3) is 0 Å². The van der Waals surface area contributed by atoms with Gasteiger partial charge >= 0.3 is 5.97 Å². The van der Waals surface area contributed by atoms with E-state index in [2.05, 4.69) is 11.8 Å². The Bertz CT molecular complexity index is 466. The minimum absolute atomic E-state index is 0.184. The standard InChI is InChI=1S/C16H22ClNO2/c1-12(13-5-7-14(17)8-6-13)18(2)11-16(15(19)20)9-3-4-10-16/h5-8,12H,3-4,9-11H2,1-2H3,(H,19,20). The molecule has 4 heteroatoms. The third-order valence-corrected chi connectivity index (χ3v) is 4.83. The number of carbonyl (C=O) groups is 1. The Kier molecular flexibility index (Phi) is 4.71. The SMILES string of the molecule is CC(c1ccc(Cl)cc1)N(C)CC1(C(=O)O)CCCC1. The van der Waals surface area contributed by atoms with Gasteiger partial charge in [-0.2, -0.15) is 0 Å². The van der Waals surface area contributed by atoms with Gasteiger partial charge < -0.3 is 5.11 Å². The molecule has 0 amide bonds. The number of hydrogen-bond acceptors (Lipinski definition) is 2. The number of nitrogens with zero attached hydrogens (tertiary/aromatic N) is 1. The van der Waals surface area contributed by atoms with E-state index in [9.17, 15) is 9.90 Å². The van der Waals surface area contributed by atoms with Gasteiger partial charge in [-0.15, -0.1) is 0 Å². The van der Waals surface area contributed by atoms with Gasteiger partial charge in [0.05, 0.1) is 5.41 Å². The van der Waals surface area contributed by atoms with Crippen LogP contribution in [-0.2, 0) is 4.79 Å². The molecule has 1 aliphatic carbocycles. The van der Waals surface area contributed by atoms with Gasteiger partial charge in [0.15, 0.2) is 0 Å². The molecule has 1 N–H and O–H groups in total. The van der Waals surface area contributed by atoms with Crippen LogP contribution < -0.4 is 0 Å². The van der Waals surface area contributed by atoms with Gasteiger partial charge in [-0.1, -0.05) is 36.6 Å². The van der Waals surface area contributed by atoms with Gasteiger partial charge in [-0.05, 0) is 44.5 Å². The molecule has 0 saturated heterocycles. The molecular weight excluding hydrogens is 274 g/mol. The van der Waals surface area contributed by atoms with Crippen molar-refractivity contribution >= 4 is 17.6 Å². The number of carboxylic acid groups (broad SMARTS) is 1. The van der Waals surface area contributed by atoms with Crippen molar-refractivity contribution < 1.29 is 9.90 Å². The Morgan fingerprint density at radius 2 is 1.90 bits per heavy atom. The molecule has 0 aromatic heterocycles. The molecule has 3 nitrogen and oxygen atoms in total. The van der Waals surface area contributed by atoms with E-state index >= 15 is 0 Å². The van der Waals surface area contributed by atoms with Crippen LogP contribution in [0.1, 0.15) is 44.2 Å². The quantitative estimate of drug-likeness (QED) is 0.893. The molecule has 0 heterocycles. The van der Waals surface area contributed by atoms with Crippen molar-refractivity contribution in [1.29, 1.82) is 0 Å². The number of hydrogen-bond donors (Lipinski definition) is 1. The second-order valence-electron chi connectivity index (χ2n) is 5.94. The summed E-state index contributed by atoms with van der Waals surface area (Å²) in [5, 5.41) is 10.3. The van der Waals surface area contributed by atoms with E-state index < -0.39 is 11.4 Å². The van der Waals surface area contributed by atoms with Crippen molar-refractivity contribution in [3.8, 4) is 0 Å². The van der Waals surface area contributed by atoms with Crippen LogP contribution in [0.2, 0.25) is 5.02 Å². The van der Waals surface area contributed by atoms with Crippen LogP contribution >= 0.6 is 11.6 Å². The van der Waals surface area contributed by atoms with E-state index in [1.54, 1.807) is 0 Å². The predicted octanol–water partition coefficient (Wildman–Crippen LogP) is 3.98. The summed E-state index contributed by atoms with van der Waals surface area (Å²) in [6.45, 7) is 2.71. The Morgan fingerprint density at radius 3 is 2.40 bits per heavy atom. The van der Waals surface area contributed by atoms with Crippen molar-refractivity contribution in [3.63, 3.8) is 0 Å². The minimum Gasteiger partial charge on any atom is -0.481 e. The van der Waals surface area contributed by atoms with E-state index in [4.69, 9.17) is 11.6 Å². The second-order valence-corrected chi connectivity index (χ2v) is 6.37. The van der Waals surface area contributed by atoms with Crippen molar-refractivity contribution in [3.05, 3.63) is 34.9 Å². The van der Waals surface area contributed by atoms with E-state index in [-0.39, 0.29) is 6.04 Å². The second kappa shape index (κ2) is 6.15. The third-order valence-electron chi connectivity index (χ3n) is 4.58. The molecule has 0 radical (unpaired) electrons. The van der Waals surface area contributed by atoms with Crippen LogP contribution in [-0.4, -0.2) is 29.6 Å². The fourth-order valence-corrected chi connectivity index (χ4v) is 3.23. The Morgan fingerprint density at radius 1 is 1.35 bits per heavy atom. The van der Waals surface area contributed by atoms with E-state index in [1.807, 2.05) is 31.3 Å². The Balaban J connectivity index is 2.08. The maximum Gasteiger partial charge on any atom is 0.310 e. The molecular formula is C16H22ClNO2. The summed E-state index contributed by atoms with van der Waals surface area (Å²) in [5.41, 5.74) is 0.602. The van der Waals surface area contributed by atoms with Crippen LogP contribution in [0, 0.1) is 5.41 Å². The van der Waals surface area contributed by atoms with Crippen LogP contribution in [0.15, 0.2) is 24.3 Å². The Labute approximate surface area is 125 Å². The lowest BCUT2D eigenvalue weighted by atomic mass is 9.85. The lowest BCUT2D eigenvalue weighted by Crippen LogP contribution is -2.40. The highest BCUT2D eigenvalue weighted by molar-refractivity contribution is 6.30. The van der Waals surface area contributed by atoms with Gasteiger partial charge in [-0.25, -0.2) is 0 Å². The normalized spacial score (nSPS) is 19.2. The molecule has 1 unspecified atom stereocenters. The van der Waals surface area contributed by atoms with Crippen molar-refractivity contribution in [2.24, 2.45) is 5.41 Å². The maximum absolute atomic E-state index is 11.6. The number of halogens is 1. The molecule has 1 atom stereocenters. The molecule has 20 heavy (non-hydrogen) atoms. The summed E-state index contributed by atoms with van der Waals surface area (Å²) in [4.78, 5) is 13.8. The molecule has 1 saturated carbocycles. The highest BCUT2D eigenvalue weighted by Gasteiger charge is 2.42. The molecule has 0 bridgehead atoms. The summed E-state index contributed by atoms with van der Waals surface area (Å²) in [7, 11) is 2.00. The fraction of sp³-hybridized carbons (Fsp3) is 0.562. The van der Waals surface area contributed by atoms with Crippen LogP contribution in [0.25, 0.3) is 0 Å². The number of aliphatic carboxylic acids is 1. The minimum atomic E-state index is -0.648. The first kappa shape index (κ1) is 15.3. The highest BCUT2D eigenvalue weighted by atomic mass is 35.5. The molecule has 0 aliphatic heterocycles. The molecule has 1 aromatic carbocycles. The summed E-state index contributed by atoms with van der Waals surface area (Å²) in [6.07, 6.45) is 3.63. The molecule has 1 aromatic rings. The smallest absolute Gasteiger partial charge is 0.310 e. The van der Waals surface area contributed by atoms with Gasteiger partial charge in [-0.3, -0.25) is 9.69 Å².